The largest absolute Gasteiger partial charge is 0.460 e. The Morgan fingerprint density at radius 2 is 1.89 bits per heavy atom. The number of imide groups is 1. The summed E-state index contributed by atoms with van der Waals surface area (Å²) >= 11 is 0. The van der Waals surface area contributed by atoms with E-state index < -0.39 is 11.6 Å². The van der Waals surface area contributed by atoms with Crippen LogP contribution in [-0.2, 0) is 14.3 Å². The van der Waals surface area contributed by atoms with Gasteiger partial charge in [-0.2, -0.15) is 0 Å². The zero-order valence-electron chi connectivity index (χ0n) is 16.0. The van der Waals surface area contributed by atoms with Gasteiger partial charge in [0.15, 0.2) is 0 Å². The van der Waals surface area contributed by atoms with Crippen LogP contribution in [0.25, 0.3) is 0 Å². The highest BCUT2D eigenvalue weighted by Gasteiger charge is 2.30. The lowest BCUT2D eigenvalue weighted by Gasteiger charge is -2.33. The number of hydrogen-bond donors (Lipinski definition) is 1. The summed E-state index contributed by atoms with van der Waals surface area (Å²) < 4.78 is 5.48. The smallest absolute Gasteiger partial charge is 0.328 e. The first kappa shape index (κ1) is 19.1. The second-order valence-corrected chi connectivity index (χ2v) is 7.92. The zero-order valence-corrected chi connectivity index (χ0v) is 16.0. The molecule has 146 valence electrons. The second kappa shape index (κ2) is 7.54. The Morgan fingerprint density at radius 1 is 1.19 bits per heavy atom. The van der Waals surface area contributed by atoms with Crippen molar-refractivity contribution in [2.24, 2.45) is 5.92 Å². The van der Waals surface area contributed by atoms with E-state index in [1.165, 1.54) is 4.90 Å². The van der Waals surface area contributed by atoms with Crippen molar-refractivity contribution in [1.29, 1.82) is 0 Å². The van der Waals surface area contributed by atoms with Crippen molar-refractivity contribution in [3.05, 3.63) is 18.3 Å². The summed E-state index contributed by atoms with van der Waals surface area (Å²) in [5, 5.41) is 2.30. The molecule has 0 aromatic carbocycles. The van der Waals surface area contributed by atoms with Gasteiger partial charge in [-0.15, -0.1) is 0 Å². The van der Waals surface area contributed by atoms with Crippen LogP contribution in [0.1, 0.15) is 40.0 Å². The van der Waals surface area contributed by atoms with Crippen LogP contribution < -0.4 is 15.1 Å². The number of nitrogens with zero attached hydrogens (tertiary/aromatic N) is 3. The minimum Gasteiger partial charge on any atom is -0.460 e. The van der Waals surface area contributed by atoms with Crippen LogP contribution >= 0.6 is 0 Å². The molecule has 0 aliphatic carbocycles. The number of esters is 1. The second-order valence-electron chi connectivity index (χ2n) is 7.92. The molecular weight excluding hydrogens is 348 g/mol. The Kier molecular flexibility index (Phi) is 5.34. The summed E-state index contributed by atoms with van der Waals surface area (Å²) in [5.74, 6) is 0.356. The fourth-order valence-electron chi connectivity index (χ4n) is 3.26. The van der Waals surface area contributed by atoms with Gasteiger partial charge in [-0.3, -0.25) is 19.8 Å². The lowest BCUT2D eigenvalue weighted by Crippen LogP contribution is -2.49. The number of pyridine rings is 1. The summed E-state index contributed by atoms with van der Waals surface area (Å²) in [6.07, 6.45) is 3.39. The van der Waals surface area contributed by atoms with E-state index in [4.69, 9.17) is 4.74 Å². The topological polar surface area (TPSA) is 91.8 Å². The summed E-state index contributed by atoms with van der Waals surface area (Å²) in [6, 6.07) is 3.28. The quantitative estimate of drug-likeness (QED) is 0.815. The fourth-order valence-corrected chi connectivity index (χ4v) is 3.26. The van der Waals surface area contributed by atoms with Gasteiger partial charge in [-0.1, -0.05) is 0 Å². The van der Waals surface area contributed by atoms with E-state index in [2.05, 4.69) is 15.2 Å². The van der Waals surface area contributed by atoms with E-state index >= 15 is 0 Å². The van der Waals surface area contributed by atoms with E-state index in [1.54, 1.807) is 6.20 Å². The van der Waals surface area contributed by atoms with Gasteiger partial charge in [0.1, 0.15) is 11.4 Å². The van der Waals surface area contributed by atoms with Crippen molar-refractivity contribution in [2.75, 3.05) is 29.4 Å². The minimum atomic E-state index is -0.461. The number of carbonyl (C=O) groups excluding carboxylic acids is 3. The molecule has 8 heteroatoms. The van der Waals surface area contributed by atoms with E-state index in [0.29, 0.717) is 12.2 Å². The number of ether oxygens (including phenoxy) is 1. The molecule has 0 atom stereocenters. The summed E-state index contributed by atoms with van der Waals surface area (Å²) in [5.41, 5.74) is 0.198. The van der Waals surface area contributed by atoms with Gasteiger partial charge in [0, 0.05) is 26.1 Å². The standard InChI is InChI=1S/C19H26N4O4/c1-19(2,3)27-17(25)13-6-9-22(10-7-13)15-5-4-14(12-20-15)23-11-8-16(24)21-18(23)26/h4-5,12-13H,6-11H2,1-3H3,(H,21,24,26). The number of hydrogen-bond acceptors (Lipinski definition) is 6. The number of rotatable bonds is 3. The molecule has 2 fully saturated rings. The lowest BCUT2D eigenvalue weighted by atomic mass is 9.96. The number of amides is 3. The lowest BCUT2D eigenvalue weighted by molar-refractivity contribution is -0.160. The predicted molar refractivity (Wildman–Crippen MR) is 101 cm³/mol. The first-order valence-corrected chi connectivity index (χ1v) is 9.28. The molecule has 2 aliphatic heterocycles. The molecular formula is C19H26N4O4. The van der Waals surface area contributed by atoms with Gasteiger partial charge in [0.2, 0.25) is 5.91 Å². The molecule has 2 aliphatic rings. The van der Waals surface area contributed by atoms with E-state index in [1.807, 2.05) is 32.9 Å². The summed E-state index contributed by atoms with van der Waals surface area (Å²) in [6.45, 7) is 7.45. The average Bonchev–Trinajstić information content (AvgIpc) is 2.61. The van der Waals surface area contributed by atoms with Crippen LogP contribution in [-0.4, -0.2) is 48.1 Å². The highest BCUT2D eigenvalue weighted by Crippen LogP contribution is 2.26. The molecule has 3 heterocycles. The predicted octanol–water partition coefficient (Wildman–Crippen LogP) is 2.09. The van der Waals surface area contributed by atoms with E-state index in [-0.39, 0.29) is 24.2 Å². The maximum Gasteiger partial charge on any atom is 0.328 e. The number of anilines is 2. The third-order valence-electron chi connectivity index (χ3n) is 4.66. The zero-order chi connectivity index (χ0) is 19.6. The Bertz CT molecular complexity index is 718. The molecule has 3 amide bonds. The molecule has 2 saturated heterocycles. The molecule has 3 rings (SSSR count). The maximum absolute atomic E-state index is 12.2. The van der Waals surface area contributed by atoms with Gasteiger partial charge < -0.3 is 9.64 Å². The highest BCUT2D eigenvalue weighted by atomic mass is 16.6. The van der Waals surface area contributed by atoms with E-state index in [0.717, 1.165) is 31.7 Å². The normalized spacial score (nSPS) is 19.1. The molecule has 1 aromatic heterocycles. The number of carbonyl (C=O) groups is 3. The molecule has 0 spiro atoms. The van der Waals surface area contributed by atoms with Gasteiger partial charge in [0.25, 0.3) is 0 Å². The number of aromatic nitrogens is 1. The van der Waals surface area contributed by atoms with Crippen LogP contribution in [0.2, 0.25) is 0 Å². The monoisotopic (exact) mass is 374 g/mol. The third kappa shape index (κ3) is 4.75. The van der Waals surface area contributed by atoms with Crippen molar-refractivity contribution in [3.63, 3.8) is 0 Å². The molecule has 1 aromatic rings. The van der Waals surface area contributed by atoms with Crippen molar-refractivity contribution < 1.29 is 19.1 Å². The number of piperidine rings is 1. The number of urea groups is 1. The highest BCUT2D eigenvalue weighted by molar-refractivity contribution is 6.05. The Balaban J connectivity index is 1.57. The minimum absolute atomic E-state index is 0.0747. The van der Waals surface area contributed by atoms with Crippen LogP contribution in [0.5, 0.6) is 0 Å². The molecule has 27 heavy (non-hydrogen) atoms. The summed E-state index contributed by atoms with van der Waals surface area (Å²) in [4.78, 5) is 43.5. The molecule has 0 radical (unpaired) electrons. The summed E-state index contributed by atoms with van der Waals surface area (Å²) in [7, 11) is 0. The van der Waals surface area contributed by atoms with Crippen molar-refractivity contribution >= 4 is 29.4 Å². The molecule has 8 nitrogen and oxygen atoms in total. The number of nitrogens with one attached hydrogen (secondary N) is 1. The Labute approximate surface area is 158 Å². The average molecular weight is 374 g/mol. The van der Waals surface area contributed by atoms with Gasteiger partial charge in [-0.25, -0.2) is 9.78 Å². The molecule has 0 bridgehead atoms. The Hall–Kier alpha value is -2.64. The van der Waals surface area contributed by atoms with Crippen molar-refractivity contribution in [2.45, 2.75) is 45.6 Å². The molecule has 1 N–H and O–H groups in total. The molecule has 0 unspecified atom stereocenters. The van der Waals surface area contributed by atoms with Crippen LogP contribution in [0.15, 0.2) is 18.3 Å². The van der Waals surface area contributed by atoms with Crippen molar-refractivity contribution in [1.82, 2.24) is 10.3 Å². The SMILES string of the molecule is CC(C)(C)OC(=O)C1CCN(c2ccc(N3CCC(=O)NC3=O)cn2)CC1. The van der Waals surface area contributed by atoms with E-state index in [9.17, 15) is 14.4 Å². The third-order valence-corrected chi connectivity index (χ3v) is 4.66. The molecule has 0 saturated carbocycles. The van der Waals surface area contributed by atoms with Crippen LogP contribution in [0.3, 0.4) is 0 Å². The first-order chi connectivity index (χ1) is 12.7. The maximum atomic E-state index is 12.2. The van der Waals surface area contributed by atoms with Gasteiger partial charge in [-0.05, 0) is 45.7 Å². The van der Waals surface area contributed by atoms with Crippen LogP contribution in [0, 0.1) is 5.92 Å². The van der Waals surface area contributed by atoms with Gasteiger partial charge >= 0.3 is 12.0 Å². The Morgan fingerprint density at radius 3 is 2.44 bits per heavy atom. The van der Waals surface area contributed by atoms with Gasteiger partial charge in [0.05, 0.1) is 17.8 Å². The van der Waals surface area contributed by atoms with Crippen LogP contribution in [0.4, 0.5) is 16.3 Å². The first-order valence-electron chi connectivity index (χ1n) is 9.28. The fraction of sp³-hybridized carbons (Fsp3) is 0.579. The van der Waals surface area contributed by atoms with Crippen molar-refractivity contribution in [3.8, 4) is 0 Å².